The molecule has 1 heterocycles. The van der Waals surface area contributed by atoms with Crippen molar-refractivity contribution in [2.75, 3.05) is 17.2 Å². The third-order valence-electron chi connectivity index (χ3n) is 2.38. The van der Waals surface area contributed by atoms with E-state index >= 15 is 0 Å². The molecule has 112 valence electrons. The zero-order valence-electron chi connectivity index (χ0n) is 10.9. The second kappa shape index (κ2) is 6.57. The number of anilines is 3. The van der Waals surface area contributed by atoms with E-state index in [2.05, 4.69) is 25.6 Å². The predicted octanol–water partition coefficient (Wildman–Crippen LogP) is 3.51. The number of hydrogen-bond donors (Lipinski definition) is 2. The molecule has 2 aromatic rings. The quantitative estimate of drug-likeness (QED) is 0.826. The Balaban J connectivity index is 2.29. The molecule has 9 heteroatoms. The van der Waals surface area contributed by atoms with Gasteiger partial charge in [-0.3, -0.25) is 0 Å². The Labute approximate surface area is 123 Å². The Kier molecular flexibility index (Phi) is 4.79. The Hall–Kier alpha value is -2.09. The monoisotopic (exact) mass is 317 g/mol. The molecule has 0 amide bonds. The van der Waals surface area contributed by atoms with Crippen LogP contribution in [0, 0.1) is 17.5 Å². The fraction of sp³-hybridized carbons (Fsp3) is 0.250. The van der Waals surface area contributed by atoms with E-state index in [9.17, 15) is 13.2 Å². The number of halogens is 4. The average molecular weight is 318 g/mol. The van der Waals surface area contributed by atoms with Gasteiger partial charge in [0, 0.05) is 18.7 Å². The standard InChI is InChI=1S/C12H11ClF3N5/c1-2-3-17-11-19-10(13)20-12(21-11)18-8-5-6(14)4-7(15)9(8)16/h4-5H,2-3H2,1H3,(H2,17,18,19,20,21). The van der Waals surface area contributed by atoms with Crippen molar-refractivity contribution in [3.63, 3.8) is 0 Å². The van der Waals surface area contributed by atoms with Crippen LogP contribution < -0.4 is 10.6 Å². The fourth-order valence-corrected chi connectivity index (χ4v) is 1.65. The molecule has 0 atom stereocenters. The van der Waals surface area contributed by atoms with Crippen LogP contribution in [0.15, 0.2) is 12.1 Å². The Morgan fingerprint density at radius 1 is 1.10 bits per heavy atom. The minimum Gasteiger partial charge on any atom is -0.354 e. The summed E-state index contributed by atoms with van der Waals surface area (Å²) in [5, 5.41) is 5.10. The zero-order chi connectivity index (χ0) is 15.4. The number of aromatic nitrogens is 3. The van der Waals surface area contributed by atoms with Gasteiger partial charge in [0.2, 0.25) is 17.2 Å². The first kappa shape index (κ1) is 15.3. The SMILES string of the molecule is CCCNc1nc(Cl)nc(Nc2cc(F)cc(F)c2F)n1. The summed E-state index contributed by atoms with van der Waals surface area (Å²) in [4.78, 5) is 11.5. The second-order valence-electron chi connectivity index (χ2n) is 4.05. The first-order valence-electron chi connectivity index (χ1n) is 6.06. The molecule has 0 aliphatic heterocycles. The lowest BCUT2D eigenvalue weighted by Gasteiger charge is -2.09. The summed E-state index contributed by atoms with van der Waals surface area (Å²) in [6.45, 7) is 2.54. The first-order valence-corrected chi connectivity index (χ1v) is 6.44. The molecule has 0 radical (unpaired) electrons. The molecule has 0 saturated carbocycles. The Bertz CT molecular complexity index is 653. The van der Waals surface area contributed by atoms with Crippen LogP contribution in [0.5, 0.6) is 0 Å². The highest BCUT2D eigenvalue weighted by molar-refractivity contribution is 6.28. The summed E-state index contributed by atoms with van der Waals surface area (Å²) in [5.74, 6) is -3.44. The molecule has 0 spiro atoms. The van der Waals surface area contributed by atoms with Crippen molar-refractivity contribution in [1.29, 1.82) is 0 Å². The van der Waals surface area contributed by atoms with Gasteiger partial charge < -0.3 is 10.6 Å². The largest absolute Gasteiger partial charge is 0.354 e. The van der Waals surface area contributed by atoms with Crippen LogP contribution in [0.25, 0.3) is 0 Å². The number of benzene rings is 1. The predicted molar refractivity (Wildman–Crippen MR) is 73.2 cm³/mol. The van der Waals surface area contributed by atoms with Gasteiger partial charge in [-0.15, -0.1) is 0 Å². The topological polar surface area (TPSA) is 62.7 Å². The van der Waals surface area contributed by atoms with Crippen LogP contribution in [0.3, 0.4) is 0 Å². The van der Waals surface area contributed by atoms with E-state index < -0.39 is 23.1 Å². The van der Waals surface area contributed by atoms with Crippen molar-refractivity contribution in [2.24, 2.45) is 0 Å². The minimum absolute atomic E-state index is 0.127. The van der Waals surface area contributed by atoms with E-state index in [-0.39, 0.29) is 17.2 Å². The number of rotatable bonds is 5. The van der Waals surface area contributed by atoms with Crippen LogP contribution in [-0.4, -0.2) is 21.5 Å². The van der Waals surface area contributed by atoms with Crippen LogP contribution in [0.4, 0.5) is 30.8 Å². The molecule has 21 heavy (non-hydrogen) atoms. The third kappa shape index (κ3) is 3.94. The molecule has 1 aromatic carbocycles. The summed E-state index contributed by atoms with van der Waals surface area (Å²) >= 11 is 5.71. The number of nitrogens with zero attached hydrogens (tertiary/aromatic N) is 3. The Morgan fingerprint density at radius 2 is 1.81 bits per heavy atom. The summed E-state index contributed by atoms with van der Waals surface area (Å²) in [6, 6.07) is 1.23. The molecule has 0 aliphatic carbocycles. The van der Waals surface area contributed by atoms with Gasteiger partial charge in [0.25, 0.3) is 0 Å². The van der Waals surface area contributed by atoms with Gasteiger partial charge in [0.05, 0.1) is 5.69 Å². The first-order chi connectivity index (χ1) is 9.99. The van der Waals surface area contributed by atoms with Crippen molar-refractivity contribution in [2.45, 2.75) is 13.3 Å². The van der Waals surface area contributed by atoms with Crippen molar-refractivity contribution < 1.29 is 13.2 Å². The van der Waals surface area contributed by atoms with Gasteiger partial charge in [0.15, 0.2) is 11.6 Å². The maximum atomic E-state index is 13.5. The van der Waals surface area contributed by atoms with Gasteiger partial charge in [-0.1, -0.05) is 6.92 Å². The van der Waals surface area contributed by atoms with Crippen LogP contribution in [0.1, 0.15) is 13.3 Å². The van der Waals surface area contributed by atoms with E-state index in [1.165, 1.54) is 0 Å². The summed E-state index contributed by atoms with van der Waals surface area (Å²) in [7, 11) is 0. The van der Waals surface area contributed by atoms with E-state index in [0.717, 1.165) is 12.5 Å². The van der Waals surface area contributed by atoms with E-state index in [1.807, 2.05) is 6.92 Å². The van der Waals surface area contributed by atoms with Crippen molar-refractivity contribution >= 4 is 29.2 Å². The molecule has 0 bridgehead atoms. The molecular weight excluding hydrogens is 307 g/mol. The molecule has 0 saturated heterocycles. The number of nitrogens with one attached hydrogen (secondary N) is 2. The molecule has 0 unspecified atom stereocenters. The van der Waals surface area contributed by atoms with Gasteiger partial charge in [-0.25, -0.2) is 13.2 Å². The summed E-state index contributed by atoms with van der Waals surface area (Å²) in [5.41, 5.74) is -0.434. The molecular formula is C12H11ClF3N5. The minimum atomic E-state index is -1.32. The van der Waals surface area contributed by atoms with Crippen LogP contribution in [0.2, 0.25) is 5.28 Å². The molecule has 1 aromatic heterocycles. The van der Waals surface area contributed by atoms with Gasteiger partial charge >= 0.3 is 0 Å². The number of hydrogen-bond acceptors (Lipinski definition) is 5. The second-order valence-corrected chi connectivity index (χ2v) is 4.39. The zero-order valence-corrected chi connectivity index (χ0v) is 11.7. The lowest BCUT2D eigenvalue weighted by molar-refractivity contribution is 0.498. The lowest BCUT2D eigenvalue weighted by Crippen LogP contribution is -2.08. The van der Waals surface area contributed by atoms with Crippen molar-refractivity contribution in [1.82, 2.24) is 15.0 Å². The highest BCUT2D eigenvalue weighted by Gasteiger charge is 2.13. The average Bonchev–Trinajstić information content (AvgIpc) is 2.41. The lowest BCUT2D eigenvalue weighted by atomic mass is 10.3. The van der Waals surface area contributed by atoms with Crippen LogP contribution in [-0.2, 0) is 0 Å². The summed E-state index contributed by atoms with van der Waals surface area (Å²) in [6.07, 6.45) is 0.829. The highest BCUT2D eigenvalue weighted by Crippen LogP contribution is 2.22. The normalized spacial score (nSPS) is 10.5. The maximum Gasteiger partial charge on any atom is 0.233 e. The molecule has 0 fully saturated rings. The third-order valence-corrected chi connectivity index (χ3v) is 2.55. The summed E-state index contributed by atoms with van der Waals surface area (Å²) < 4.78 is 39.8. The Morgan fingerprint density at radius 3 is 2.52 bits per heavy atom. The highest BCUT2D eigenvalue weighted by atomic mass is 35.5. The fourth-order valence-electron chi connectivity index (χ4n) is 1.49. The van der Waals surface area contributed by atoms with Gasteiger partial charge in [-0.05, 0) is 18.0 Å². The van der Waals surface area contributed by atoms with Gasteiger partial charge in [0.1, 0.15) is 5.82 Å². The molecule has 5 nitrogen and oxygen atoms in total. The smallest absolute Gasteiger partial charge is 0.233 e. The van der Waals surface area contributed by atoms with Gasteiger partial charge in [-0.2, -0.15) is 15.0 Å². The van der Waals surface area contributed by atoms with Crippen molar-refractivity contribution in [3.05, 3.63) is 34.9 Å². The van der Waals surface area contributed by atoms with Crippen molar-refractivity contribution in [3.8, 4) is 0 Å². The van der Waals surface area contributed by atoms with E-state index in [1.54, 1.807) is 0 Å². The molecule has 2 rings (SSSR count). The molecule has 2 N–H and O–H groups in total. The van der Waals surface area contributed by atoms with E-state index in [4.69, 9.17) is 11.6 Å². The molecule has 0 aliphatic rings. The maximum absolute atomic E-state index is 13.5. The van der Waals surface area contributed by atoms with E-state index in [0.29, 0.717) is 12.6 Å². The van der Waals surface area contributed by atoms with Crippen LogP contribution >= 0.6 is 11.6 Å².